The van der Waals surface area contributed by atoms with Gasteiger partial charge in [-0.25, -0.2) is 0 Å². The molecule has 1 aliphatic carbocycles. The lowest BCUT2D eigenvalue weighted by atomic mass is 9.89. The van der Waals surface area contributed by atoms with Gasteiger partial charge in [-0.1, -0.05) is 59.1 Å². The summed E-state index contributed by atoms with van der Waals surface area (Å²) in [5.74, 6) is 1.48. The summed E-state index contributed by atoms with van der Waals surface area (Å²) in [4.78, 5) is 14.0. The van der Waals surface area contributed by atoms with Crippen LogP contribution in [-0.4, -0.2) is 33.8 Å². The third kappa shape index (κ3) is 5.31. The highest BCUT2D eigenvalue weighted by atomic mass is 79.9. The second kappa shape index (κ2) is 8.85. The lowest BCUT2D eigenvalue weighted by molar-refractivity contribution is -0.127. The minimum atomic E-state index is 0.0466. The first-order valence-electron chi connectivity index (χ1n) is 8.56. The zero-order chi connectivity index (χ0) is 17.6. The average Bonchev–Trinajstić information content (AvgIpc) is 3.11. The van der Waals surface area contributed by atoms with Crippen molar-refractivity contribution >= 4 is 33.6 Å². The molecular formula is C18H22BrN3O2S. The summed E-state index contributed by atoms with van der Waals surface area (Å²) in [5, 5.41) is 8.75. The van der Waals surface area contributed by atoms with Crippen LogP contribution in [-0.2, 0) is 11.3 Å². The summed E-state index contributed by atoms with van der Waals surface area (Å²) in [6.07, 6.45) is 6.01. The van der Waals surface area contributed by atoms with Gasteiger partial charge in [0.1, 0.15) is 0 Å². The number of amides is 1. The molecule has 0 radical (unpaired) electrons. The Morgan fingerprint density at radius 2 is 1.96 bits per heavy atom. The second-order valence-corrected chi connectivity index (χ2v) is 8.25. The first-order chi connectivity index (χ1) is 12.1. The monoisotopic (exact) mass is 423 g/mol. The first kappa shape index (κ1) is 18.5. The van der Waals surface area contributed by atoms with Crippen LogP contribution < -0.4 is 0 Å². The van der Waals surface area contributed by atoms with Gasteiger partial charge in [-0.05, 0) is 30.5 Å². The van der Waals surface area contributed by atoms with Crippen molar-refractivity contribution in [2.75, 3.05) is 12.8 Å². The maximum atomic E-state index is 12.3. The maximum absolute atomic E-state index is 12.3. The van der Waals surface area contributed by atoms with Crippen molar-refractivity contribution in [3.63, 3.8) is 0 Å². The lowest BCUT2D eigenvalue weighted by Gasteiger charge is -2.17. The van der Waals surface area contributed by atoms with Crippen LogP contribution in [0.4, 0.5) is 0 Å². The van der Waals surface area contributed by atoms with Crippen LogP contribution in [0.15, 0.2) is 38.4 Å². The van der Waals surface area contributed by atoms with E-state index in [0.29, 0.717) is 23.4 Å². The summed E-state index contributed by atoms with van der Waals surface area (Å²) >= 11 is 4.73. The number of hydrogen-bond donors (Lipinski definition) is 0. The summed E-state index contributed by atoms with van der Waals surface area (Å²) in [7, 11) is 1.81. The molecule has 5 nitrogen and oxygen atoms in total. The molecule has 1 fully saturated rings. The first-order valence-corrected chi connectivity index (χ1v) is 10.3. The Morgan fingerprint density at radius 3 is 2.68 bits per heavy atom. The molecule has 7 heteroatoms. The molecule has 2 aromatic rings. The Bertz CT molecular complexity index is 699. The summed E-state index contributed by atoms with van der Waals surface area (Å²) < 4.78 is 6.78. The normalized spacial score (nSPS) is 15.3. The van der Waals surface area contributed by atoms with E-state index in [2.05, 4.69) is 26.1 Å². The van der Waals surface area contributed by atoms with Crippen LogP contribution in [0.3, 0.4) is 0 Å². The van der Waals surface area contributed by atoms with Gasteiger partial charge in [0.05, 0.1) is 5.75 Å². The van der Waals surface area contributed by atoms with Crippen LogP contribution in [0.2, 0.25) is 0 Å². The van der Waals surface area contributed by atoms with Gasteiger partial charge in [-0.15, -0.1) is 10.2 Å². The third-order valence-corrected chi connectivity index (χ3v) is 5.79. The van der Waals surface area contributed by atoms with Gasteiger partial charge in [0.25, 0.3) is 5.22 Å². The zero-order valence-electron chi connectivity index (χ0n) is 14.3. The number of halogens is 1. The molecule has 134 valence electrons. The van der Waals surface area contributed by atoms with E-state index in [4.69, 9.17) is 4.42 Å². The molecule has 1 saturated carbocycles. The third-order valence-electron chi connectivity index (χ3n) is 4.45. The van der Waals surface area contributed by atoms with Crippen LogP contribution in [0, 0.1) is 0 Å². The van der Waals surface area contributed by atoms with E-state index in [9.17, 15) is 4.79 Å². The van der Waals surface area contributed by atoms with E-state index < -0.39 is 0 Å². The van der Waals surface area contributed by atoms with E-state index in [1.807, 2.05) is 31.3 Å². The molecule has 1 aromatic heterocycles. The molecule has 1 aromatic carbocycles. The van der Waals surface area contributed by atoms with Gasteiger partial charge < -0.3 is 9.32 Å². The lowest BCUT2D eigenvalue weighted by Crippen LogP contribution is -2.27. The van der Waals surface area contributed by atoms with Crippen molar-refractivity contribution in [3.8, 4) is 0 Å². The van der Waals surface area contributed by atoms with Crippen molar-refractivity contribution in [3.05, 3.63) is 40.2 Å². The molecule has 3 rings (SSSR count). The summed E-state index contributed by atoms with van der Waals surface area (Å²) in [5.41, 5.74) is 1.10. The average molecular weight is 424 g/mol. The Hall–Kier alpha value is -1.34. The molecule has 1 aliphatic rings. The predicted molar refractivity (Wildman–Crippen MR) is 101 cm³/mol. The van der Waals surface area contributed by atoms with Crippen molar-refractivity contribution in [2.45, 2.75) is 49.8 Å². The number of carbonyl (C=O) groups is 1. The van der Waals surface area contributed by atoms with Crippen molar-refractivity contribution in [1.82, 2.24) is 15.1 Å². The van der Waals surface area contributed by atoms with E-state index in [0.717, 1.165) is 28.8 Å². The molecule has 25 heavy (non-hydrogen) atoms. The Labute approximate surface area is 160 Å². The van der Waals surface area contributed by atoms with E-state index in [1.54, 1.807) is 4.90 Å². The molecular weight excluding hydrogens is 402 g/mol. The Balaban J connectivity index is 1.48. The quantitative estimate of drug-likeness (QED) is 0.633. The fourth-order valence-electron chi connectivity index (χ4n) is 2.98. The predicted octanol–water partition coefficient (Wildman–Crippen LogP) is 4.63. The minimum absolute atomic E-state index is 0.0466. The number of aromatic nitrogens is 2. The van der Waals surface area contributed by atoms with Crippen LogP contribution in [0.5, 0.6) is 0 Å². The zero-order valence-corrected chi connectivity index (χ0v) is 16.7. The molecule has 0 bridgehead atoms. The molecule has 0 atom stereocenters. The largest absolute Gasteiger partial charge is 0.416 e. The highest BCUT2D eigenvalue weighted by Crippen LogP contribution is 2.32. The van der Waals surface area contributed by atoms with Crippen LogP contribution in [0.1, 0.15) is 49.5 Å². The van der Waals surface area contributed by atoms with Gasteiger partial charge in [0.2, 0.25) is 11.8 Å². The van der Waals surface area contributed by atoms with Gasteiger partial charge in [-0.2, -0.15) is 0 Å². The van der Waals surface area contributed by atoms with Gasteiger partial charge >= 0.3 is 0 Å². The SMILES string of the molecule is CN(Cc1ccc(Br)cc1)C(=O)CSc1nnc(C2CCCCC2)o1. The number of hydrogen-bond acceptors (Lipinski definition) is 5. The van der Waals surface area contributed by atoms with E-state index in [-0.39, 0.29) is 5.91 Å². The molecule has 0 unspecified atom stereocenters. The summed E-state index contributed by atoms with van der Waals surface area (Å²) in [6.45, 7) is 0.587. The maximum Gasteiger partial charge on any atom is 0.277 e. The Kier molecular flexibility index (Phi) is 6.53. The fraction of sp³-hybridized carbons (Fsp3) is 0.500. The molecule has 0 N–H and O–H groups in total. The second-order valence-electron chi connectivity index (χ2n) is 6.41. The minimum Gasteiger partial charge on any atom is -0.416 e. The van der Waals surface area contributed by atoms with E-state index >= 15 is 0 Å². The van der Waals surface area contributed by atoms with Gasteiger partial charge in [0.15, 0.2) is 0 Å². The molecule has 0 saturated heterocycles. The van der Waals surface area contributed by atoms with Gasteiger partial charge in [-0.3, -0.25) is 4.79 Å². The number of carbonyl (C=O) groups excluding carboxylic acids is 1. The number of rotatable bonds is 6. The van der Waals surface area contributed by atoms with Crippen molar-refractivity contribution in [1.29, 1.82) is 0 Å². The number of benzene rings is 1. The number of thioether (sulfide) groups is 1. The standard InChI is InChI=1S/C18H22BrN3O2S/c1-22(11-13-7-9-15(19)10-8-13)16(23)12-25-18-21-20-17(24-18)14-5-3-2-4-6-14/h7-10,14H,2-6,11-12H2,1H3. The molecule has 0 aliphatic heterocycles. The number of nitrogens with zero attached hydrogens (tertiary/aromatic N) is 3. The smallest absolute Gasteiger partial charge is 0.277 e. The van der Waals surface area contributed by atoms with Crippen LogP contribution in [0.25, 0.3) is 0 Å². The fourth-order valence-corrected chi connectivity index (χ4v) is 3.95. The van der Waals surface area contributed by atoms with Crippen LogP contribution >= 0.6 is 27.7 Å². The topological polar surface area (TPSA) is 59.2 Å². The Morgan fingerprint density at radius 1 is 1.24 bits per heavy atom. The molecule has 1 amide bonds. The molecule has 0 spiro atoms. The molecule has 1 heterocycles. The highest BCUT2D eigenvalue weighted by molar-refractivity contribution is 9.10. The van der Waals surface area contributed by atoms with Crippen molar-refractivity contribution < 1.29 is 9.21 Å². The van der Waals surface area contributed by atoms with Gasteiger partial charge in [0, 0.05) is 24.0 Å². The highest BCUT2D eigenvalue weighted by Gasteiger charge is 2.22. The van der Waals surface area contributed by atoms with E-state index in [1.165, 1.54) is 31.0 Å². The summed E-state index contributed by atoms with van der Waals surface area (Å²) in [6, 6.07) is 7.98. The van der Waals surface area contributed by atoms with Crippen molar-refractivity contribution in [2.24, 2.45) is 0 Å².